The molecule has 0 spiro atoms. The molecule has 0 atom stereocenters. The van der Waals surface area contributed by atoms with Crippen molar-refractivity contribution in [3.8, 4) is 0 Å². The van der Waals surface area contributed by atoms with Crippen molar-refractivity contribution in [1.82, 2.24) is 4.90 Å². The summed E-state index contributed by atoms with van der Waals surface area (Å²) in [5.74, 6) is 0. The summed E-state index contributed by atoms with van der Waals surface area (Å²) in [6, 6.07) is 8.54. The lowest BCUT2D eigenvalue weighted by Gasteiger charge is -2.16. The summed E-state index contributed by atoms with van der Waals surface area (Å²) in [5, 5.41) is 3.56. The number of nitrogens with zero attached hydrogens (tertiary/aromatic N) is 1. The van der Waals surface area contributed by atoms with Crippen LogP contribution in [0.1, 0.15) is 24.8 Å². The van der Waals surface area contributed by atoms with E-state index in [1.165, 1.54) is 50.1 Å². The molecule has 3 heteroatoms. The Morgan fingerprint density at radius 3 is 2.79 bits per heavy atom. The van der Waals surface area contributed by atoms with Gasteiger partial charge in [0.05, 0.1) is 6.61 Å². The van der Waals surface area contributed by atoms with Crippen molar-refractivity contribution >= 4 is 5.69 Å². The van der Waals surface area contributed by atoms with E-state index in [1.54, 1.807) is 7.11 Å². The molecular formula is C16H26N2O. The number of benzene rings is 1. The van der Waals surface area contributed by atoms with E-state index < -0.39 is 0 Å². The van der Waals surface area contributed by atoms with E-state index in [0.29, 0.717) is 0 Å². The van der Waals surface area contributed by atoms with Crippen LogP contribution in [0.25, 0.3) is 0 Å². The minimum Gasteiger partial charge on any atom is -0.385 e. The van der Waals surface area contributed by atoms with Gasteiger partial charge in [0, 0.05) is 19.3 Å². The molecule has 0 amide bonds. The van der Waals surface area contributed by atoms with Gasteiger partial charge in [-0.2, -0.15) is 0 Å². The van der Waals surface area contributed by atoms with Crippen molar-refractivity contribution in [3.05, 3.63) is 29.8 Å². The summed E-state index contributed by atoms with van der Waals surface area (Å²) >= 11 is 0. The maximum atomic E-state index is 5.16. The molecule has 2 rings (SSSR count). The number of anilines is 1. The van der Waals surface area contributed by atoms with Crippen LogP contribution in [-0.2, 0) is 11.2 Å². The second-order valence-electron chi connectivity index (χ2n) is 5.23. The first-order chi connectivity index (χ1) is 9.40. The van der Waals surface area contributed by atoms with Gasteiger partial charge in [-0.05, 0) is 56.9 Å². The van der Waals surface area contributed by atoms with Gasteiger partial charge in [0.1, 0.15) is 0 Å². The standard InChI is InChI=1S/C16H26N2O/c1-19-14-9-15-7-2-3-8-16(15)17-10-6-13-18-11-4-5-12-18/h2-3,7-8,17H,4-6,9-14H2,1H3. The molecule has 1 saturated heterocycles. The highest BCUT2D eigenvalue weighted by molar-refractivity contribution is 5.51. The fourth-order valence-corrected chi connectivity index (χ4v) is 2.65. The Morgan fingerprint density at radius 2 is 2.00 bits per heavy atom. The summed E-state index contributed by atoms with van der Waals surface area (Å²) in [5.41, 5.74) is 2.62. The molecule has 106 valence electrons. The zero-order valence-electron chi connectivity index (χ0n) is 12.0. The second kappa shape index (κ2) is 8.18. The largest absolute Gasteiger partial charge is 0.385 e. The predicted octanol–water partition coefficient (Wildman–Crippen LogP) is 2.77. The first-order valence-electron chi connectivity index (χ1n) is 7.43. The van der Waals surface area contributed by atoms with Crippen molar-refractivity contribution in [3.63, 3.8) is 0 Å². The summed E-state index contributed by atoms with van der Waals surface area (Å²) in [4.78, 5) is 2.57. The molecule has 0 unspecified atom stereocenters. The number of rotatable bonds is 8. The van der Waals surface area contributed by atoms with Crippen LogP contribution >= 0.6 is 0 Å². The minimum absolute atomic E-state index is 0.784. The molecule has 1 aromatic rings. The Balaban J connectivity index is 1.72. The van der Waals surface area contributed by atoms with Gasteiger partial charge in [-0.3, -0.25) is 0 Å². The fourth-order valence-electron chi connectivity index (χ4n) is 2.65. The number of methoxy groups -OCH3 is 1. The maximum absolute atomic E-state index is 5.16. The smallest absolute Gasteiger partial charge is 0.0503 e. The third-order valence-electron chi connectivity index (χ3n) is 3.76. The average Bonchev–Trinajstić information content (AvgIpc) is 2.95. The highest BCUT2D eigenvalue weighted by atomic mass is 16.5. The number of hydrogen-bond acceptors (Lipinski definition) is 3. The average molecular weight is 262 g/mol. The molecule has 0 aliphatic carbocycles. The highest BCUT2D eigenvalue weighted by Crippen LogP contribution is 2.16. The normalized spacial score (nSPS) is 15.8. The lowest BCUT2D eigenvalue weighted by atomic mass is 10.1. The Kier molecular flexibility index (Phi) is 6.18. The van der Waals surface area contributed by atoms with Gasteiger partial charge in [0.2, 0.25) is 0 Å². The van der Waals surface area contributed by atoms with E-state index in [0.717, 1.165) is 19.6 Å². The van der Waals surface area contributed by atoms with Gasteiger partial charge in [0.15, 0.2) is 0 Å². The third-order valence-corrected chi connectivity index (χ3v) is 3.76. The summed E-state index contributed by atoms with van der Waals surface area (Å²) in [6.07, 6.45) is 4.96. The van der Waals surface area contributed by atoms with E-state index >= 15 is 0 Å². The number of hydrogen-bond donors (Lipinski definition) is 1. The highest BCUT2D eigenvalue weighted by Gasteiger charge is 2.10. The van der Waals surface area contributed by atoms with Crippen LogP contribution in [0.5, 0.6) is 0 Å². The van der Waals surface area contributed by atoms with Crippen LogP contribution in [0.4, 0.5) is 5.69 Å². The SMILES string of the molecule is COCCc1ccccc1NCCCN1CCCC1. The molecule has 0 radical (unpaired) electrons. The van der Waals surface area contributed by atoms with Gasteiger partial charge < -0.3 is 15.0 Å². The van der Waals surface area contributed by atoms with Crippen molar-refractivity contribution in [2.45, 2.75) is 25.7 Å². The van der Waals surface area contributed by atoms with Crippen LogP contribution in [0.2, 0.25) is 0 Å². The summed E-state index contributed by atoms with van der Waals surface area (Å²) in [6.45, 7) is 5.66. The minimum atomic E-state index is 0.784. The maximum Gasteiger partial charge on any atom is 0.0503 e. The quantitative estimate of drug-likeness (QED) is 0.729. The van der Waals surface area contributed by atoms with Gasteiger partial charge in [-0.15, -0.1) is 0 Å². The molecule has 1 fully saturated rings. The Morgan fingerprint density at radius 1 is 1.21 bits per heavy atom. The molecule has 1 aliphatic rings. The lowest BCUT2D eigenvalue weighted by Crippen LogP contribution is -2.22. The first-order valence-corrected chi connectivity index (χ1v) is 7.43. The van der Waals surface area contributed by atoms with E-state index in [9.17, 15) is 0 Å². The molecule has 0 bridgehead atoms. The molecule has 0 aromatic heterocycles. The van der Waals surface area contributed by atoms with Crippen LogP contribution in [0.3, 0.4) is 0 Å². The number of ether oxygens (including phenoxy) is 1. The monoisotopic (exact) mass is 262 g/mol. The Hall–Kier alpha value is -1.06. The molecule has 3 nitrogen and oxygen atoms in total. The van der Waals surface area contributed by atoms with E-state index in [1.807, 2.05) is 0 Å². The number of likely N-dealkylation sites (tertiary alicyclic amines) is 1. The van der Waals surface area contributed by atoms with Gasteiger partial charge in [-0.1, -0.05) is 18.2 Å². The van der Waals surface area contributed by atoms with Crippen LogP contribution in [0.15, 0.2) is 24.3 Å². The molecule has 1 N–H and O–H groups in total. The van der Waals surface area contributed by atoms with E-state index in [4.69, 9.17) is 4.74 Å². The summed E-state index contributed by atoms with van der Waals surface area (Å²) < 4.78 is 5.16. The second-order valence-corrected chi connectivity index (χ2v) is 5.23. The number of para-hydroxylation sites is 1. The Labute approximate surface area is 116 Å². The lowest BCUT2D eigenvalue weighted by molar-refractivity contribution is 0.202. The molecule has 1 aliphatic heterocycles. The third kappa shape index (κ3) is 4.84. The summed E-state index contributed by atoms with van der Waals surface area (Å²) in [7, 11) is 1.76. The molecule has 0 saturated carbocycles. The zero-order valence-corrected chi connectivity index (χ0v) is 12.0. The van der Waals surface area contributed by atoms with E-state index in [-0.39, 0.29) is 0 Å². The van der Waals surface area contributed by atoms with Crippen LogP contribution in [-0.4, -0.2) is 44.8 Å². The van der Waals surface area contributed by atoms with Crippen molar-refractivity contribution < 1.29 is 4.74 Å². The van der Waals surface area contributed by atoms with Crippen molar-refractivity contribution in [1.29, 1.82) is 0 Å². The van der Waals surface area contributed by atoms with Crippen molar-refractivity contribution in [2.75, 3.05) is 45.2 Å². The fraction of sp³-hybridized carbons (Fsp3) is 0.625. The molecular weight excluding hydrogens is 236 g/mol. The van der Waals surface area contributed by atoms with Gasteiger partial charge in [0.25, 0.3) is 0 Å². The van der Waals surface area contributed by atoms with Gasteiger partial charge >= 0.3 is 0 Å². The zero-order chi connectivity index (χ0) is 13.3. The van der Waals surface area contributed by atoms with Crippen LogP contribution in [0, 0.1) is 0 Å². The van der Waals surface area contributed by atoms with Crippen molar-refractivity contribution in [2.24, 2.45) is 0 Å². The molecule has 1 heterocycles. The first kappa shape index (κ1) is 14.4. The topological polar surface area (TPSA) is 24.5 Å². The Bertz CT molecular complexity index is 362. The predicted molar refractivity (Wildman–Crippen MR) is 80.8 cm³/mol. The molecule has 1 aromatic carbocycles. The molecule has 19 heavy (non-hydrogen) atoms. The van der Waals surface area contributed by atoms with Gasteiger partial charge in [-0.25, -0.2) is 0 Å². The van der Waals surface area contributed by atoms with Crippen LogP contribution < -0.4 is 5.32 Å². The number of nitrogens with one attached hydrogen (secondary N) is 1. The van der Waals surface area contributed by atoms with E-state index in [2.05, 4.69) is 34.5 Å².